The van der Waals surface area contributed by atoms with Gasteiger partial charge in [-0.15, -0.1) is 0 Å². The fourth-order valence-corrected chi connectivity index (χ4v) is 3.96. The van der Waals surface area contributed by atoms with Gasteiger partial charge in [0.2, 0.25) is 0 Å². The SMILES string of the molecule is Cc1cc2c(n1-c1ccc(C(N)=O)c(NCCN(C)C)c1)CC(C)(C)CC2=O. The van der Waals surface area contributed by atoms with Crippen molar-refractivity contribution >= 4 is 17.4 Å². The summed E-state index contributed by atoms with van der Waals surface area (Å²) in [5, 5.41) is 3.33. The highest BCUT2D eigenvalue weighted by atomic mass is 16.1. The average molecular weight is 383 g/mol. The van der Waals surface area contributed by atoms with Crippen molar-refractivity contribution in [2.45, 2.75) is 33.6 Å². The number of rotatable bonds is 6. The quantitative estimate of drug-likeness (QED) is 0.805. The smallest absolute Gasteiger partial charge is 0.250 e. The number of nitrogens with one attached hydrogen (secondary N) is 1. The molecule has 1 amide bonds. The Labute approximate surface area is 166 Å². The van der Waals surface area contributed by atoms with Gasteiger partial charge >= 0.3 is 0 Å². The van der Waals surface area contributed by atoms with Crippen molar-refractivity contribution < 1.29 is 9.59 Å². The number of hydrogen-bond donors (Lipinski definition) is 2. The van der Waals surface area contributed by atoms with Crippen LogP contribution in [0.4, 0.5) is 5.69 Å². The summed E-state index contributed by atoms with van der Waals surface area (Å²) in [5.74, 6) is -0.257. The van der Waals surface area contributed by atoms with Gasteiger partial charge in [-0.25, -0.2) is 0 Å². The minimum absolute atomic E-state index is 0.0629. The summed E-state index contributed by atoms with van der Waals surface area (Å²) >= 11 is 0. The van der Waals surface area contributed by atoms with Gasteiger partial charge in [-0.1, -0.05) is 13.8 Å². The highest BCUT2D eigenvalue weighted by Crippen LogP contribution is 2.38. The van der Waals surface area contributed by atoms with E-state index in [2.05, 4.69) is 28.6 Å². The predicted molar refractivity (Wildman–Crippen MR) is 113 cm³/mol. The third-order valence-electron chi connectivity index (χ3n) is 5.27. The molecule has 1 aromatic carbocycles. The van der Waals surface area contributed by atoms with E-state index in [0.29, 0.717) is 18.5 Å². The zero-order valence-electron chi connectivity index (χ0n) is 17.4. The Morgan fingerprint density at radius 2 is 1.96 bits per heavy atom. The summed E-state index contributed by atoms with van der Waals surface area (Å²) in [4.78, 5) is 26.6. The lowest BCUT2D eigenvalue weighted by molar-refractivity contribution is 0.0910. The van der Waals surface area contributed by atoms with Gasteiger partial charge in [-0.05, 0) is 57.1 Å². The number of amides is 1. The zero-order valence-corrected chi connectivity index (χ0v) is 17.4. The van der Waals surface area contributed by atoms with Crippen LogP contribution in [0, 0.1) is 12.3 Å². The molecule has 3 rings (SSSR count). The number of likely N-dealkylation sites (N-methyl/N-ethyl adjacent to an activating group) is 1. The molecule has 0 aliphatic heterocycles. The van der Waals surface area contributed by atoms with Crippen molar-refractivity contribution in [3.8, 4) is 5.69 Å². The average Bonchev–Trinajstić information content (AvgIpc) is 2.89. The minimum Gasteiger partial charge on any atom is -0.383 e. The fourth-order valence-electron chi connectivity index (χ4n) is 3.96. The van der Waals surface area contributed by atoms with Crippen LogP contribution in [0.15, 0.2) is 24.3 Å². The standard InChI is InChI=1S/C22H30N4O2/c1-14-10-17-19(12-22(2,3)13-20(17)27)26(14)15-6-7-16(21(23)28)18(11-15)24-8-9-25(4)5/h6-7,10-11,24H,8-9,12-13H2,1-5H3,(H2,23,28). The summed E-state index contributed by atoms with van der Waals surface area (Å²) in [7, 11) is 4.00. The number of carbonyl (C=O) groups excluding carboxylic acids is 2. The highest BCUT2D eigenvalue weighted by molar-refractivity contribution is 6.00. The van der Waals surface area contributed by atoms with Gasteiger partial charge in [0, 0.05) is 47.8 Å². The van der Waals surface area contributed by atoms with Crippen molar-refractivity contribution in [2.24, 2.45) is 11.1 Å². The first kappa shape index (κ1) is 20.1. The molecule has 0 spiro atoms. The number of carbonyl (C=O) groups is 2. The molecule has 2 aromatic rings. The van der Waals surface area contributed by atoms with Crippen LogP contribution >= 0.6 is 0 Å². The molecule has 3 N–H and O–H groups in total. The van der Waals surface area contributed by atoms with Crippen LogP contribution in [-0.2, 0) is 6.42 Å². The lowest BCUT2D eigenvalue weighted by atomic mass is 9.76. The molecule has 0 atom stereocenters. The molecular weight excluding hydrogens is 352 g/mol. The number of nitrogens with zero attached hydrogens (tertiary/aromatic N) is 2. The number of benzene rings is 1. The Kier molecular flexibility index (Phi) is 5.35. The molecule has 6 nitrogen and oxygen atoms in total. The molecule has 1 aromatic heterocycles. The van der Waals surface area contributed by atoms with Crippen LogP contribution in [0.2, 0.25) is 0 Å². The first-order valence-electron chi connectivity index (χ1n) is 9.66. The molecule has 0 radical (unpaired) electrons. The number of primary amides is 1. The second-order valence-corrected chi connectivity index (χ2v) is 8.75. The highest BCUT2D eigenvalue weighted by Gasteiger charge is 2.34. The molecule has 0 saturated heterocycles. The van der Waals surface area contributed by atoms with E-state index in [9.17, 15) is 9.59 Å². The molecule has 28 heavy (non-hydrogen) atoms. The van der Waals surface area contributed by atoms with E-state index in [0.717, 1.165) is 41.3 Å². The zero-order chi connectivity index (χ0) is 20.6. The normalized spacial score (nSPS) is 15.6. The summed E-state index contributed by atoms with van der Waals surface area (Å²) in [6, 6.07) is 7.59. The monoisotopic (exact) mass is 382 g/mol. The number of Topliss-reactive ketones (excluding diaryl/α,β-unsaturated/α-hetero) is 1. The summed E-state index contributed by atoms with van der Waals surface area (Å²) < 4.78 is 2.13. The number of aryl methyl sites for hydroxylation is 1. The predicted octanol–water partition coefficient (Wildman–Crippen LogP) is 3.01. The molecule has 1 heterocycles. The second-order valence-electron chi connectivity index (χ2n) is 8.75. The van der Waals surface area contributed by atoms with Crippen LogP contribution in [0.3, 0.4) is 0 Å². The van der Waals surface area contributed by atoms with Crippen LogP contribution < -0.4 is 11.1 Å². The first-order valence-corrected chi connectivity index (χ1v) is 9.66. The number of anilines is 1. The summed E-state index contributed by atoms with van der Waals surface area (Å²) in [5.41, 5.74) is 10.5. The van der Waals surface area contributed by atoms with Crippen LogP contribution in [0.1, 0.15) is 52.4 Å². The van der Waals surface area contributed by atoms with Crippen molar-refractivity contribution in [1.29, 1.82) is 0 Å². The van der Waals surface area contributed by atoms with Gasteiger partial charge in [0.05, 0.1) is 5.56 Å². The lowest BCUT2D eigenvalue weighted by Gasteiger charge is -2.30. The summed E-state index contributed by atoms with van der Waals surface area (Å²) in [6.07, 6.45) is 1.41. The molecule has 150 valence electrons. The molecule has 0 fully saturated rings. The van der Waals surface area contributed by atoms with Gasteiger partial charge < -0.3 is 20.5 Å². The molecule has 1 aliphatic rings. The first-order chi connectivity index (χ1) is 13.1. The van der Waals surface area contributed by atoms with Crippen molar-refractivity contribution in [1.82, 2.24) is 9.47 Å². The number of aromatic nitrogens is 1. The number of nitrogens with two attached hydrogens (primary N) is 1. The number of hydrogen-bond acceptors (Lipinski definition) is 4. The maximum Gasteiger partial charge on any atom is 0.250 e. The maximum atomic E-state index is 12.6. The molecular formula is C22H30N4O2. The molecule has 0 bridgehead atoms. The molecule has 6 heteroatoms. The molecule has 1 aliphatic carbocycles. The van der Waals surface area contributed by atoms with Gasteiger partial charge in [-0.3, -0.25) is 9.59 Å². The van der Waals surface area contributed by atoms with E-state index in [4.69, 9.17) is 5.73 Å². The Morgan fingerprint density at radius 3 is 2.61 bits per heavy atom. The third-order valence-corrected chi connectivity index (χ3v) is 5.27. The van der Waals surface area contributed by atoms with Crippen molar-refractivity contribution in [3.05, 3.63) is 46.8 Å². The molecule has 0 saturated carbocycles. The Morgan fingerprint density at radius 1 is 1.25 bits per heavy atom. The second kappa shape index (κ2) is 7.43. The van der Waals surface area contributed by atoms with Crippen molar-refractivity contribution in [3.63, 3.8) is 0 Å². The Hall–Kier alpha value is -2.60. The van der Waals surface area contributed by atoms with E-state index < -0.39 is 5.91 Å². The minimum atomic E-state index is -0.457. The van der Waals surface area contributed by atoms with Crippen LogP contribution in [-0.4, -0.2) is 48.3 Å². The van der Waals surface area contributed by atoms with Gasteiger partial charge in [-0.2, -0.15) is 0 Å². The Bertz CT molecular complexity index is 925. The Balaban J connectivity index is 2.05. The van der Waals surface area contributed by atoms with E-state index in [1.807, 2.05) is 39.2 Å². The van der Waals surface area contributed by atoms with E-state index in [1.165, 1.54) is 0 Å². The van der Waals surface area contributed by atoms with E-state index in [-0.39, 0.29) is 11.2 Å². The summed E-state index contributed by atoms with van der Waals surface area (Å²) in [6.45, 7) is 7.81. The van der Waals surface area contributed by atoms with Crippen LogP contribution in [0.5, 0.6) is 0 Å². The topological polar surface area (TPSA) is 80.4 Å². The van der Waals surface area contributed by atoms with Crippen molar-refractivity contribution in [2.75, 3.05) is 32.5 Å². The van der Waals surface area contributed by atoms with E-state index in [1.54, 1.807) is 6.07 Å². The van der Waals surface area contributed by atoms with Gasteiger partial charge in [0.1, 0.15) is 0 Å². The molecule has 0 unspecified atom stereocenters. The van der Waals surface area contributed by atoms with E-state index >= 15 is 0 Å². The lowest BCUT2D eigenvalue weighted by Crippen LogP contribution is -2.28. The van der Waals surface area contributed by atoms with Crippen LogP contribution in [0.25, 0.3) is 5.69 Å². The fraction of sp³-hybridized carbons (Fsp3) is 0.455. The van der Waals surface area contributed by atoms with Gasteiger partial charge in [0.25, 0.3) is 5.91 Å². The number of fused-ring (bicyclic) bond motifs is 1. The number of ketones is 1. The third kappa shape index (κ3) is 3.97. The largest absolute Gasteiger partial charge is 0.383 e. The maximum absolute atomic E-state index is 12.6. The van der Waals surface area contributed by atoms with Gasteiger partial charge in [0.15, 0.2) is 5.78 Å².